The monoisotopic (exact) mass is 384 g/mol. The van der Waals surface area contributed by atoms with Gasteiger partial charge in [0.1, 0.15) is 0 Å². The van der Waals surface area contributed by atoms with Crippen LogP contribution in [0.4, 0.5) is 22.7 Å². The predicted molar refractivity (Wildman–Crippen MR) is 89.7 cm³/mol. The van der Waals surface area contributed by atoms with E-state index in [1.54, 1.807) is 0 Å². The van der Waals surface area contributed by atoms with E-state index >= 15 is 0 Å². The van der Waals surface area contributed by atoms with Gasteiger partial charge in [0.25, 0.3) is 22.7 Å². The first-order valence-corrected chi connectivity index (χ1v) is 7.09. The second-order valence-electron chi connectivity index (χ2n) is 5.36. The first kappa shape index (κ1) is 18.0. The quantitative estimate of drug-likeness (QED) is 0.367. The van der Waals surface area contributed by atoms with E-state index in [1.165, 1.54) is 6.19 Å². The van der Waals surface area contributed by atoms with Crippen molar-refractivity contribution >= 4 is 28.5 Å². The molecule has 0 spiro atoms. The molecule has 0 atom stereocenters. The highest BCUT2D eigenvalue weighted by Crippen LogP contribution is 2.50. The number of rotatable bonds is 4. The maximum Gasteiger partial charge on any atom is 0.285 e. The number of hydrogen-bond acceptors (Lipinski definition) is 10. The SMILES string of the molecule is N#CN=C1c2cc([N+](=O)[O-])cc([N+](=O)[O-])c2-c2c1cc([N+](=O)[O-])cc2[N+](=O)[O-]. The molecule has 0 saturated heterocycles. The van der Waals surface area contributed by atoms with E-state index in [0.29, 0.717) is 12.1 Å². The number of benzene rings is 2. The molecule has 0 bridgehead atoms. The summed E-state index contributed by atoms with van der Waals surface area (Å²) in [4.78, 5) is 44.8. The van der Waals surface area contributed by atoms with E-state index in [-0.39, 0.29) is 28.0 Å². The third-order valence-electron chi connectivity index (χ3n) is 3.94. The molecule has 14 nitrogen and oxygen atoms in total. The predicted octanol–water partition coefficient (Wildman–Crippen LogP) is 2.62. The third-order valence-corrected chi connectivity index (χ3v) is 3.94. The zero-order valence-corrected chi connectivity index (χ0v) is 13.3. The van der Waals surface area contributed by atoms with Crippen molar-refractivity contribution in [2.24, 2.45) is 4.99 Å². The standard InChI is InChI=1S/C14H4N6O8/c15-5-16-14-8-1-6(17(21)22)3-10(19(25)26)12(8)13-9(14)2-7(18(23)24)4-11(13)20(27)28/h1-4H. The molecule has 3 rings (SSSR count). The van der Waals surface area contributed by atoms with Crippen LogP contribution in [0.15, 0.2) is 29.3 Å². The van der Waals surface area contributed by atoms with Crippen LogP contribution in [0.5, 0.6) is 0 Å². The molecule has 0 saturated carbocycles. The zero-order valence-electron chi connectivity index (χ0n) is 13.3. The lowest BCUT2D eigenvalue weighted by Gasteiger charge is -2.03. The van der Waals surface area contributed by atoms with Crippen LogP contribution in [-0.4, -0.2) is 25.4 Å². The minimum atomic E-state index is -0.976. The van der Waals surface area contributed by atoms with Crippen molar-refractivity contribution in [2.75, 3.05) is 0 Å². The maximum atomic E-state index is 11.5. The maximum absolute atomic E-state index is 11.5. The summed E-state index contributed by atoms with van der Waals surface area (Å²) in [5.41, 5.74) is -4.74. The summed E-state index contributed by atoms with van der Waals surface area (Å²) in [6.07, 6.45) is 1.39. The van der Waals surface area contributed by atoms with Crippen LogP contribution in [0.25, 0.3) is 11.1 Å². The number of aliphatic imine (C=N–C) groups is 1. The van der Waals surface area contributed by atoms with Crippen LogP contribution in [0, 0.1) is 51.9 Å². The Kier molecular flexibility index (Phi) is 3.97. The summed E-state index contributed by atoms with van der Waals surface area (Å²) in [7, 11) is 0. The second-order valence-corrected chi connectivity index (χ2v) is 5.36. The molecule has 0 amide bonds. The summed E-state index contributed by atoms with van der Waals surface area (Å²) in [5, 5.41) is 54.1. The normalized spacial score (nSPS) is 11.2. The number of non-ortho nitro benzene ring substituents is 2. The van der Waals surface area contributed by atoms with Gasteiger partial charge in [0.15, 0.2) is 0 Å². The topological polar surface area (TPSA) is 209 Å². The van der Waals surface area contributed by atoms with Crippen molar-refractivity contribution in [2.45, 2.75) is 0 Å². The average Bonchev–Trinajstić information content (AvgIpc) is 2.94. The van der Waals surface area contributed by atoms with Gasteiger partial charge in [0, 0.05) is 23.3 Å². The number of nitro benzene ring substituents is 4. The first-order valence-electron chi connectivity index (χ1n) is 7.09. The van der Waals surface area contributed by atoms with E-state index in [1.807, 2.05) is 0 Å². The molecule has 2 aromatic carbocycles. The Bertz CT molecular complexity index is 1110. The second kappa shape index (κ2) is 6.17. The van der Waals surface area contributed by atoms with E-state index in [9.17, 15) is 40.5 Å². The van der Waals surface area contributed by atoms with Crippen molar-refractivity contribution in [3.8, 4) is 17.3 Å². The molecule has 0 aromatic heterocycles. The van der Waals surface area contributed by atoms with Crippen LogP contribution in [-0.2, 0) is 0 Å². The van der Waals surface area contributed by atoms with Crippen LogP contribution in [0.3, 0.4) is 0 Å². The molecular formula is C14H4N6O8. The molecule has 138 valence electrons. The number of nitriles is 1. The van der Waals surface area contributed by atoms with Gasteiger partial charge in [-0.15, -0.1) is 0 Å². The molecule has 0 N–H and O–H groups in total. The fraction of sp³-hybridized carbons (Fsp3) is 0. The molecule has 0 radical (unpaired) electrons. The van der Waals surface area contributed by atoms with E-state index < -0.39 is 42.4 Å². The van der Waals surface area contributed by atoms with Gasteiger partial charge in [0.05, 0.1) is 48.7 Å². The Morgan fingerprint density at radius 1 is 0.714 bits per heavy atom. The number of hydrogen-bond donors (Lipinski definition) is 0. The van der Waals surface area contributed by atoms with Crippen molar-refractivity contribution in [3.63, 3.8) is 0 Å². The highest BCUT2D eigenvalue weighted by atomic mass is 16.6. The van der Waals surface area contributed by atoms with Gasteiger partial charge in [-0.25, -0.2) is 0 Å². The minimum absolute atomic E-state index is 0.277. The van der Waals surface area contributed by atoms with E-state index in [4.69, 9.17) is 5.26 Å². The summed E-state index contributed by atoms with van der Waals surface area (Å²) in [5.74, 6) is 0. The molecule has 1 aliphatic rings. The Morgan fingerprint density at radius 3 is 1.39 bits per heavy atom. The zero-order chi connectivity index (χ0) is 20.7. The van der Waals surface area contributed by atoms with Gasteiger partial charge in [-0.2, -0.15) is 10.3 Å². The highest BCUT2D eigenvalue weighted by Gasteiger charge is 2.41. The lowest BCUT2D eigenvalue weighted by molar-refractivity contribution is -0.395. The molecule has 1 aliphatic carbocycles. The largest absolute Gasteiger partial charge is 0.285 e. The molecule has 0 heterocycles. The Morgan fingerprint density at radius 2 is 1.11 bits per heavy atom. The molecule has 0 aliphatic heterocycles. The summed E-state index contributed by atoms with van der Waals surface area (Å²) >= 11 is 0. The van der Waals surface area contributed by atoms with Crippen LogP contribution in [0.1, 0.15) is 11.1 Å². The fourth-order valence-corrected chi connectivity index (χ4v) is 2.94. The number of nitro groups is 4. The minimum Gasteiger partial charge on any atom is -0.258 e. The van der Waals surface area contributed by atoms with Crippen molar-refractivity contribution in [3.05, 3.63) is 75.8 Å². The molecule has 0 unspecified atom stereocenters. The van der Waals surface area contributed by atoms with Crippen molar-refractivity contribution < 1.29 is 19.7 Å². The van der Waals surface area contributed by atoms with Gasteiger partial charge in [-0.05, 0) is 0 Å². The lowest BCUT2D eigenvalue weighted by Crippen LogP contribution is -2.01. The molecular weight excluding hydrogens is 380 g/mol. The summed E-state index contributed by atoms with van der Waals surface area (Å²) in [6.45, 7) is 0. The van der Waals surface area contributed by atoms with Gasteiger partial charge < -0.3 is 0 Å². The van der Waals surface area contributed by atoms with Gasteiger partial charge in [-0.1, -0.05) is 0 Å². The summed E-state index contributed by atoms with van der Waals surface area (Å²) < 4.78 is 0. The van der Waals surface area contributed by atoms with Gasteiger partial charge in [0.2, 0.25) is 6.19 Å². The van der Waals surface area contributed by atoms with Crippen molar-refractivity contribution in [1.82, 2.24) is 0 Å². The van der Waals surface area contributed by atoms with Crippen LogP contribution >= 0.6 is 0 Å². The molecule has 0 fully saturated rings. The average molecular weight is 384 g/mol. The number of fused-ring (bicyclic) bond motifs is 3. The smallest absolute Gasteiger partial charge is 0.258 e. The molecule has 2 aromatic rings. The van der Waals surface area contributed by atoms with E-state index in [0.717, 1.165) is 12.1 Å². The molecule has 14 heteroatoms. The molecule has 28 heavy (non-hydrogen) atoms. The van der Waals surface area contributed by atoms with Crippen LogP contribution in [0.2, 0.25) is 0 Å². The number of nitrogens with zero attached hydrogens (tertiary/aromatic N) is 6. The fourth-order valence-electron chi connectivity index (χ4n) is 2.94. The third kappa shape index (κ3) is 2.55. The van der Waals surface area contributed by atoms with E-state index in [2.05, 4.69) is 4.99 Å². The first-order chi connectivity index (χ1) is 13.2. The van der Waals surface area contributed by atoms with Crippen LogP contribution < -0.4 is 0 Å². The van der Waals surface area contributed by atoms with Gasteiger partial charge in [-0.3, -0.25) is 40.5 Å². The van der Waals surface area contributed by atoms with Crippen molar-refractivity contribution in [1.29, 1.82) is 5.26 Å². The highest BCUT2D eigenvalue weighted by molar-refractivity contribution is 6.28. The Balaban J connectivity index is 2.56. The lowest BCUT2D eigenvalue weighted by atomic mass is 10.0. The Labute approximate surface area is 152 Å². The Hall–Kier alpha value is -4.80. The van der Waals surface area contributed by atoms with Gasteiger partial charge >= 0.3 is 0 Å². The summed E-state index contributed by atoms with van der Waals surface area (Å²) in [6, 6.07) is 2.97.